The van der Waals surface area contributed by atoms with Gasteiger partial charge in [-0.15, -0.1) is 0 Å². The van der Waals surface area contributed by atoms with Gasteiger partial charge in [-0.3, -0.25) is 4.57 Å². The fourth-order valence-corrected chi connectivity index (χ4v) is 6.07. The van der Waals surface area contributed by atoms with Crippen molar-refractivity contribution in [2.75, 3.05) is 0 Å². The van der Waals surface area contributed by atoms with Crippen molar-refractivity contribution in [3.8, 4) is 5.69 Å². The predicted molar refractivity (Wildman–Crippen MR) is 129 cm³/mol. The maximum atomic E-state index is 4.56. The monoisotopic (exact) mass is 402 g/mol. The summed E-state index contributed by atoms with van der Waals surface area (Å²) in [6.07, 6.45) is 10.2. The summed E-state index contributed by atoms with van der Waals surface area (Å²) in [5.41, 5.74) is 6.57. The molecule has 4 aromatic carbocycles. The van der Waals surface area contributed by atoms with Crippen LogP contribution in [0, 0.1) is 11.8 Å². The van der Waals surface area contributed by atoms with Crippen molar-refractivity contribution in [2.45, 2.75) is 38.5 Å². The van der Waals surface area contributed by atoms with Gasteiger partial charge in [0.1, 0.15) is 6.33 Å². The largest absolute Gasteiger partial charge is 0.299 e. The number of rotatable bonds is 2. The molecule has 1 fully saturated rings. The van der Waals surface area contributed by atoms with Gasteiger partial charge in [0, 0.05) is 5.69 Å². The zero-order valence-corrected chi connectivity index (χ0v) is 17.7. The molecule has 2 nitrogen and oxygen atoms in total. The van der Waals surface area contributed by atoms with Gasteiger partial charge in [0.05, 0.1) is 11.0 Å². The summed E-state index contributed by atoms with van der Waals surface area (Å²) in [4.78, 5) is 4.56. The Morgan fingerprint density at radius 2 is 1.65 bits per heavy atom. The normalized spacial score (nSPS) is 19.0. The van der Waals surface area contributed by atoms with Crippen LogP contribution in [0.25, 0.3) is 38.3 Å². The number of aryl methyl sites for hydroxylation is 1. The number of aromatic nitrogens is 2. The third kappa shape index (κ3) is 2.67. The van der Waals surface area contributed by atoms with E-state index in [9.17, 15) is 0 Å². The molecule has 0 radical (unpaired) electrons. The molecule has 1 heterocycles. The van der Waals surface area contributed by atoms with Crippen LogP contribution in [-0.4, -0.2) is 9.55 Å². The van der Waals surface area contributed by atoms with E-state index in [2.05, 4.69) is 70.2 Å². The Balaban J connectivity index is 1.33. The molecule has 0 saturated heterocycles. The second kappa shape index (κ2) is 6.68. The predicted octanol–water partition coefficient (Wildman–Crippen LogP) is 7.24. The standard InChI is InChI=1S/C29H26N2/c1-2-7-29-28(6-1)30-18-31(29)23-11-15-25-22(17-23)10-14-26-24-12-8-20(19-4-3-5-19)16-21(24)9-13-27(25)26/h1-2,6-7,9-11,13-15,17-20H,3-5,8,12,16H2. The van der Waals surface area contributed by atoms with Crippen LogP contribution in [0.3, 0.4) is 0 Å². The first kappa shape index (κ1) is 17.5. The van der Waals surface area contributed by atoms with E-state index in [1.807, 2.05) is 12.4 Å². The zero-order valence-electron chi connectivity index (χ0n) is 17.7. The Morgan fingerprint density at radius 1 is 0.774 bits per heavy atom. The summed E-state index contributed by atoms with van der Waals surface area (Å²) in [6, 6.07) is 24.7. The number of imidazole rings is 1. The van der Waals surface area contributed by atoms with Crippen LogP contribution in [-0.2, 0) is 12.8 Å². The van der Waals surface area contributed by atoms with Crippen LogP contribution < -0.4 is 0 Å². The molecular formula is C29H26N2. The van der Waals surface area contributed by atoms with E-state index in [1.165, 1.54) is 65.8 Å². The number of benzene rings is 4. The molecule has 1 unspecified atom stereocenters. The minimum atomic E-state index is 0.923. The molecule has 2 aliphatic carbocycles. The van der Waals surface area contributed by atoms with Crippen molar-refractivity contribution in [1.82, 2.24) is 9.55 Å². The van der Waals surface area contributed by atoms with Gasteiger partial charge in [0.2, 0.25) is 0 Å². The first-order valence-electron chi connectivity index (χ1n) is 11.7. The van der Waals surface area contributed by atoms with Gasteiger partial charge < -0.3 is 0 Å². The van der Waals surface area contributed by atoms with E-state index < -0.39 is 0 Å². The lowest BCUT2D eigenvalue weighted by Gasteiger charge is -2.37. The lowest BCUT2D eigenvalue weighted by atomic mass is 9.68. The fourth-order valence-electron chi connectivity index (χ4n) is 6.07. The molecule has 1 atom stereocenters. The highest BCUT2D eigenvalue weighted by atomic mass is 15.0. The summed E-state index contributed by atoms with van der Waals surface area (Å²) in [6.45, 7) is 0. The van der Waals surface area contributed by atoms with Crippen LogP contribution in [0.2, 0.25) is 0 Å². The number of fused-ring (bicyclic) bond motifs is 6. The highest BCUT2D eigenvalue weighted by Crippen LogP contribution is 2.42. The molecule has 0 spiro atoms. The van der Waals surface area contributed by atoms with Crippen LogP contribution in [0.4, 0.5) is 0 Å². The summed E-state index contributed by atoms with van der Waals surface area (Å²) in [7, 11) is 0. The highest BCUT2D eigenvalue weighted by Gasteiger charge is 2.30. The van der Waals surface area contributed by atoms with Gasteiger partial charge in [-0.25, -0.2) is 4.98 Å². The van der Waals surface area contributed by atoms with Crippen molar-refractivity contribution >= 4 is 32.6 Å². The molecule has 0 aliphatic heterocycles. The molecule has 1 aromatic heterocycles. The van der Waals surface area contributed by atoms with Gasteiger partial charge >= 0.3 is 0 Å². The molecule has 31 heavy (non-hydrogen) atoms. The maximum absolute atomic E-state index is 4.56. The third-order valence-electron chi connectivity index (χ3n) is 8.00. The summed E-state index contributed by atoms with van der Waals surface area (Å²) in [5, 5.41) is 5.53. The van der Waals surface area contributed by atoms with E-state index in [0.717, 1.165) is 22.9 Å². The quantitative estimate of drug-likeness (QED) is 0.285. The van der Waals surface area contributed by atoms with Gasteiger partial charge in [-0.1, -0.05) is 61.7 Å². The number of nitrogens with zero attached hydrogens (tertiary/aromatic N) is 2. The second-order valence-electron chi connectivity index (χ2n) is 9.57. The van der Waals surface area contributed by atoms with E-state index in [1.54, 1.807) is 11.1 Å². The van der Waals surface area contributed by atoms with Crippen molar-refractivity contribution in [3.05, 3.63) is 84.2 Å². The number of para-hydroxylation sites is 2. The lowest BCUT2D eigenvalue weighted by Crippen LogP contribution is -2.27. The molecule has 7 rings (SSSR count). The summed E-state index contributed by atoms with van der Waals surface area (Å²) >= 11 is 0. The average Bonchev–Trinajstić information content (AvgIpc) is 3.21. The topological polar surface area (TPSA) is 17.8 Å². The molecule has 152 valence electrons. The van der Waals surface area contributed by atoms with E-state index in [4.69, 9.17) is 0 Å². The highest BCUT2D eigenvalue weighted by molar-refractivity contribution is 6.09. The molecule has 5 aromatic rings. The molecular weight excluding hydrogens is 376 g/mol. The Morgan fingerprint density at radius 3 is 2.55 bits per heavy atom. The average molecular weight is 403 g/mol. The molecule has 2 heteroatoms. The molecule has 0 N–H and O–H groups in total. The SMILES string of the molecule is c1ccc2c(c1)ncn2-c1ccc2c(ccc3c4c(ccc32)CC(C2CCC2)CC4)c1. The first-order valence-corrected chi connectivity index (χ1v) is 11.7. The summed E-state index contributed by atoms with van der Waals surface area (Å²) in [5.74, 6) is 1.92. The second-order valence-corrected chi connectivity index (χ2v) is 9.57. The van der Waals surface area contributed by atoms with E-state index in [0.29, 0.717) is 0 Å². The summed E-state index contributed by atoms with van der Waals surface area (Å²) < 4.78 is 2.19. The van der Waals surface area contributed by atoms with Crippen LogP contribution in [0.1, 0.15) is 36.8 Å². The number of hydrogen-bond acceptors (Lipinski definition) is 1. The van der Waals surface area contributed by atoms with Crippen LogP contribution in [0.15, 0.2) is 73.1 Å². The van der Waals surface area contributed by atoms with Gasteiger partial charge in [-0.2, -0.15) is 0 Å². The Kier molecular flexibility index (Phi) is 3.78. The van der Waals surface area contributed by atoms with Crippen LogP contribution >= 0.6 is 0 Å². The van der Waals surface area contributed by atoms with Crippen molar-refractivity contribution < 1.29 is 0 Å². The van der Waals surface area contributed by atoms with Crippen LogP contribution in [0.5, 0.6) is 0 Å². The van der Waals surface area contributed by atoms with Gasteiger partial charge in [-0.05, 0) is 88.0 Å². The Labute approximate surface area is 182 Å². The molecule has 0 bridgehead atoms. The number of hydrogen-bond donors (Lipinski definition) is 0. The van der Waals surface area contributed by atoms with Gasteiger partial charge in [0.25, 0.3) is 0 Å². The zero-order chi connectivity index (χ0) is 20.4. The van der Waals surface area contributed by atoms with Crippen molar-refractivity contribution in [3.63, 3.8) is 0 Å². The van der Waals surface area contributed by atoms with Gasteiger partial charge in [0.15, 0.2) is 0 Å². The Bertz CT molecular complexity index is 1450. The van der Waals surface area contributed by atoms with Crippen molar-refractivity contribution in [2.24, 2.45) is 11.8 Å². The minimum Gasteiger partial charge on any atom is -0.299 e. The molecule has 0 amide bonds. The minimum absolute atomic E-state index is 0.923. The first-order chi connectivity index (χ1) is 15.3. The fraction of sp³-hybridized carbons (Fsp3) is 0.276. The van der Waals surface area contributed by atoms with Crippen molar-refractivity contribution in [1.29, 1.82) is 0 Å². The smallest absolute Gasteiger partial charge is 0.100 e. The Hall–Kier alpha value is -3.13. The maximum Gasteiger partial charge on any atom is 0.100 e. The molecule has 2 aliphatic rings. The lowest BCUT2D eigenvalue weighted by molar-refractivity contribution is 0.189. The molecule has 1 saturated carbocycles. The van der Waals surface area contributed by atoms with E-state index >= 15 is 0 Å². The third-order valence-corrected chi connectivity index (χ3v) is 8.00. The van der Waals surface area contributed by atoms with E-state index in [-0.39, 0.29) is 0 Å².